The second-order valence-corrected chi connectivity index (χ2v) is 6.73. The molecule has 0 N–H and O–H groups in total. The molecule has 5 heteroatoms. The SMILES string of the molecule is COc1ccc(CCC(=O)N2CCCc3cccc(C)c32)c(OC)c1OC. The average Bonchev–Trinajstić information content (AvgIpc) is 2.70. The van der Waals surface area contributed by atoms with Crippen molar-refractivity contribution in [3.63, 3.8) is 0 Å². The fraction of sp³-hybridized carbons (Fsp3) is 0.409. The number of amides is 1. The molecule has 1 amide bonds. The zero-order valence-electron chi connectivity index (χ0n) is 16.5. The Bertz CT molecular complexity index is 831. The van der Waals surface area contributed by atoms with E-state index in [4.69, 9.17) is 14.2 Å². The molecule has 0 saturated carbocycles. The quantitative estimate of drug-likeness (QED) is 0.774. The van der Waals surface area contributed by atoms with Crippen LogP contribution in [0, 0.1) is 6.92 Å². The zero-order valence-corrected chi connectivity index (χ0v) is 16.5. The third-order valence-electron chi connectivity index (χ3n) is 5.11. The molecule has 1 aliphatic heterocycles. The number of hydrogen-bond donors (Lipinski definition) is 0. The van der Waals surface area contributed by atoms with Crippen molar-refractivity contribution in [2.45, 2.75) is 32.6 Å². The van der Waals surface area contributed by atoms with Crippen LogP contribution in [0.2, 0.25) is 0 Å². The zero-order chi connectivity index (χ0) is 19.4. The van der Waals surface area contributed by atoms with E-state index in [9.17, 15) is 4.79 Å². The molecule has 2 aromatic carbocycles. The van der Waals surface area contributed by atoms with Crippen molar-refractivity contribution in [2.75, 3.05) is 32.8 Å². The Morgan fingerprint density at radius 1 is 1.04 bits per heavy atom. The van der Waals surface area contributed by atoms with Crippen LogP contribution in [0.15, 0.2) is 30.3 Å². The molecule has 0 unspecified atom stereocenters. The Balaban J connectivity index is 1.80. The van der Waals surface area contributed by atoms with E-state index in [1.807, 2.05) is 17.0 Å². The summed E-state index contributed by atoms with van der Waals surface area (Å²) < 4.78 is 16.3. The van der Waals surface area contributed by atoms with Crippen molar-refractivity contribution < 1.29 is 19.0 Å². The summed E-state index contributed by atoms with van der Waals surface area (Å²) in [5.41, 5.74) is 4.45. The van der Waals surface area contributed by atoms with Crippen molar-refractivity contribution in [3.8, 4) is 17.2 Å². The molecule has 0 aliphatic carbocycles. The summed E-state index contributed by atoms with van der Waals surface area (Å²) in [5, 5.41) is 0. The van der Waals surface area contributed by atoms with Gasteiger partial charge in [0.05, 0.1) is 21.3 Å². The van der Waals surface area contributed by atoms with Gasteiger partial charge in [-0.3, -0.25) is 4.79 Å². The van der Waals surface area contributed by atoms with Gasteiger partial charge in [0, 0.05) is 18.7 Å². The first kappa shape index (κ1) is 19.1. The number of anilines is 1. The van der Waals surface area contributed by atoms with Crippen LogP contribution in [-0.4, -0.2) is 33.8 Å². The molecule has 0 bridgehead atoms. The fourth-order valence-electron chi connectivity index (χ4n) is 3.83. The van der Waals surface area contributed by atoms with E-state index in [0.717, 1.165) is 36.2 Å². The molecule has 2 aromatic rings. The van der Waals surface area contributed by atoms with Gasteiger partial charge in [-0.15, -0.1) is 0 Å². The number of fused-ring (bicyclic) bond motifs is 1. The second-order valence-electron chi connectivity index (χ2n) is 6.73. The van der Waals surface area contributed by atoms with Gasteiger partial charge in [-0.25, -0.2) is 0 Å². The summed E-state index contributed by atoms with van der Waals surface area (Å²) in [7, 11) is 4.78. The summed E-state index contributed by atoms with van der Waals surface area (Å²) in [6.45, 7) is 2.85. The van der Waals surface area contributed by atoms with E-state index in [1.54, 1.807) is 21.3 Å². The summed E-state index contributed by atoms with van der Waals surface area (Å²) in [6, 6.07) is 10.0. The number of ether oxygens (including phenoxy) is 3. The molecule has 0 saturated heterocycles. The fourth-order valence-corrected chi connectivity index (χ4v) is 3.83. The number of rotatable bonds is 6. The minimum absolute atomic E-state index is 0.141. The number of aryl methyl sites for hydroxylation is 3. The molecule has 1 heterocycles. The van der Waals surface area contributed by atoms with Gasteiger partial charge < -0.3 is 19.1 Å². The maximum atomic E-state index is 13.0. The summed E-state index contributed by atoms with van der Waals surface area (Å²) >= 11 is 0. The lowest BCUT2D eigenvalue weighted by Crippen LogP contribution is -2.36. The Kier molecular flexibility index (Phi) is 5.89. The number of hydrogen-bond acceptors (Lipinski definition) is 4. The molecule has 1 aliphatic rings. The molecule has 27 heavy (non-hydrogen) atoms. The first-order chi connectivity index (χ1) is 13.1. The Morgan fingerprint density at radius 2 is 1.81 bits per heavy atom. The third kappa shape index (κ3) is 3.72. The van der Waals surface area contributed by atoms with Crippen LogP contribution in [0.1, 0.15) is 29.5 Å². The predicted octanol–water partition coefficient (Wildman–Crippen LogP) is 3.93. The summed E-state index contributed by atoms with van der Waals surface area (Å²) in [6.07, 6.45) is 3.03. The lowest BCUT2D eigenvalue weighted by atomic mass is 9.97. The van der Waals surface area contributed by atoms with E-state index in [1.165, 1.54) is 5.56 Å². The molecular weight excluding hydrogens is 342 g/mol. The molecule has 0 spiro atoms. The highest BCUT2D eigenvalue weighted by molar-refractivity contribution is 5.95. The second kappa shape index (κ2) is 8.33. The van der Waals surface area contributed by atoms with Crippen molar-refractivity contribution in [2.24, 2.45) is 0 Å². The number of para-hydroxylation sites is 1. The van der Waals surface area contributed by atoms with Crippen LogP contribution in [-0.2, 0) is 17.6 Å². The maximum absolute atomic E-state index is 13.0. The van der Waals surface area contributed by atoms with E-state index in [0.29, 0.717) is 30.1 Å². The van der Waals surface area contributed by atoms with Gasteiger partial charge in [-0.2, -0.15) is 0 Å². The molecular formula is C22H27NO4. The highest BCUT2D eigenvalue weighted by Gasteiger charge is 2.24. The molecule has 0 radical (unpaired) electrons. The number of carbonyl (C=O) groups excluding carboxylic acids is 1. The topological polar surface area (TPSA) is 48.0 Å². The van der Waals surface area contributed by atoms with E-state index in [-0.39, 0.29) is 5.91 Å². The highest BCUT2D eigenvalue weighted by Crippen LogP contribution is 2.40. The lowest BCUT2D eigenvalue weighted by Gasteiger charge is -2.31. The highest BCUT2D eigenvalue weighted by atomic mass is 16.5. The van der Waals surface area contributed by atoms with Gasteiger partial charge in [0.15, 0.2) is 11.5 Å². The minimum atomic E-state index is 0.141. The first-order valence-corrected chi connectivity index (χ1v) is 9.27. The van der Waals surface area contributed by atoms with E-state index >= 15 is 0 Å². The number of nitrogens with zero attached hydrogens (tertiary/aromatic N) is 1. The van der Waals surface area contributed by atoms with Crippen LogP contribution in [0.3, 0.4) is 0 Å². The molecule has 0 atom stereocenters. The number of carbonyl (C=O) groups is 1. The number of benzene rings is 2. The Hall–Kier alpha value is -2.69. The number of methoxy groups -OCH3 is 3. The van der Waals surface area contributed by atoms with Crippen LogP contribution in [0.25, 0.3) is 0 Å². The average molecular weight is 369 g/mol. The summed E-state index contributed by atoms with van der Waals surface area (Å²) in [5.74, 6) is 1.94. The van der Waals surface area contributed by atoms with Gasteiger partial charge in [-0.1, -0.05) is 24.3 Å². The monoisotopic (exact) mass is 369 g/mol. The van der Waals surface area contributed by atoms with Crippen LogP contribution in [0.5, 0.6) is 17.2 Å². The minimum Gasteiger partial charge on any atom is -0.493 e. The standard InChI is InChI=1S/C22H27NO4/c1-15-7-5-8-16-9-6-14-23(20(15)16)19(24)13-11-17-10-12-18(25-2)22(27-4)21(17)26-3/h5,7-8,10,12H,6,9,11,13-14H2,1-4H3. The maximum Gasteiger partial charge on any atom is 0.227 e. The van der Waals surface area contributed by atoms with Crippen LogP contribution >= 0.6 is 0 Å². The van der Waals surface area contributed by atoms with Crippen LogP contribution in [0.4, 0.5) is 5.69 Å². The van der Waals surface area contributed by atoms with Crippen molar-refractivity contribution in [1.82, 2.24) is 0 Å². The Morgan fingerprint density at radius 3 is 2.52 bits per heavy atom. The van der Waals surface area contributed by atoms with Crippen molar-refractivity contribution in [3.05, 3.63) is 47.0 Å². The Labute approximate surface area is 160 Å². The van der Waals surface area contributed by atoms with E-state index in [2.05, 4.69) is 25.1 Å². The lowest BCUT2D eigenvalue weighted by molar-refractivity contribution is -0.118. The normalized spacial score (nSPS) is 13.1. The van der Waals surface area contributed by atoms with Gasteiger partial charge in [0.2, 0.25) is 11.7 Å². The molecule has 5 nitrogen and oxygen atoms in total. The van der Waals surface area contributed by atoms with E-state index < -0.39 is 0 Å². The first-order valence-electron chi connectivity index (χ1n) is 9.27. The molecule has 3 rings (SSSR count). The third-order valence-corrected chi connectivity index (χ3v) is 5.11. The smallest absolute Gasteiger partial charge is 0.227 e. The summed E-state index contributed by atoms with van der Waals surface area (Å²) in [4.78, 5) is 14.9. The largest absolute Gasteiger partial charge is 0.493 e. The molecule has 0 aromatic heterocycles. The molecule has 144 valence electrons. The van der Waals surface area contributed by atoms with Gasteiger partial charge in [0.1, 0.15) is 0 Å². The predicted molar refractivity (Wildman–Crippen MR) is 106 cm³/mol. The molecule has 0 fully saturated rings. The van der Waals surface area contributed by atoms with Crippen LogP contribution < -0.4 is 19.1 Å². The van der Waals surface area contributed by atoms with Gasteiger partial charge >= 0.3 is 0 Å². The van der Waals surface area contributed by atoms with Crippen molar-refractivity contribution in [1.29, 1.82) is 0 Å². The van der Waals surface area contributed by atoms with Gasteiger partial charge in [-0.05, 0) is 48.9 Å². The van der Waals surface area contributed by atoms with Gasteiger partial charge in [0.25, 0.3) is 0 Å². The van der Waals surface area contributed by atoms with Crippen molar-refractivity contribution >= 4 is 11.6 Å².